The second kappa shape index (κ2) is 6.36. The van der Waals surface area contributed by atoms with Gasteiger partial charge in [-0.1, -0.05) is 31.9 Å². The zero-order valence-electron chi connectivity index (χ0n) is 16.8. The Bertz CT molecular complexity index is 722. The summed E-state index contributed by atoms with van der Waals surface area (Å²) < 4.78 is 0. The molecule has 2 nitrogen and oxygen atoms in total. The monoisotopic (exact) mass is 366 g/mol. The highest BCUT2D eigenvalue weighted by molar-refractivity contribution is 5.87. The minimum Gasteiger partial charge on any atom is -0.508 e. The number of fused-ring (bicyclic) bond motifs is 5. The van der Waals surface area contributed by atoms with Crippen molar-refractivity contribution in [3.8, 4) is 5.75 Å². The molecule has 4 aliphatic rings. The quantitative estimate of drug-likeness (QED) is 0.706. The van der Waals surface area contributed by atoms with Crippen LogP contribution < -0.4 is 0 Å². The van der Waals surface area contributed by atoms with E-state index in [1.807, 2.05) is 12.1 Å². The molecule has 4 aliphatic carbocycles. The average Bonchev–Trinajstić information content (AvgIpc) is 2.98. The molecule has 5 rings (SSSR count). The van der Waals surface area contributed by atoms with Gasteiger partial charge in [-0.05, 0) is 98.1 Å². The van der Waals surface area contributed by atoms with Gasteiger partial charge in [0.15, 0.2) is 0 Å². The Kier molecular flexibility index (Phi) is 4.18. The number of ketones is 1. The Morgan fingerprint density at radius 1 is 0.963 bits per heavy atom. The van der Waals surface area contributed by atoms with Crippen LogP contribution in [0.3, 0.4) is 0 Å². The third-order valence-corrected chi connectivity index (χ3v) is 9.46. The second-order valence-electron chi connectivity index (χ2n) is 10.4. The first-order valence-corrected chi connectivity index (χ1v) is 11.3. The summed E-state index contributed by atoms with van der Waals surface area (Å²) in [5.74, 6) is 4.00. The van der Waals surface area contributed by atoms with E-state index in [4.69, 9.17) is 0 Å². The lowest BCUT2D eigenvalue weighted by Gasteiger charge is -2.61. The lowest BCUT2D eigenvalue weighted by Crippen LogP contribution is -2.54. The lowest BCUT2D eigenvalue weighted by molar-refractivity contribution is -0.140. The van der Waals surface area contributed by atoms with Gasteiger partial charge in [0.05, 0.1) is 0 Å². The first-order chi connectivity index (χ1) is 13.0. The van der Waals surface area contributed by atoms with Crippen LogP contribution in [0.4, 0.5) is 0 Å². The number of hydrogen-bond donors (Lipinski definition) is 1. The van der Waals surface area contributed by atoms with Crippen molar-refractivity contribution in [2.75, 3.05) is 0 Å². The molecule has 2 heteroatoms. The zero-order chi connectivity index (χ0) is 18.6. The van der Waals surface area contributed by atoms with Crippen LogP contribution in [0.15, 0.2) is 24.3 Å². The highest BCUT2D eigenvalue weighted by Crippen LogP contribution is 2.66. The fourth-order valence-electron chi connectivity index (χ4n) is 8.18. The minimum atomic E-state index is -0.0115. The number of carbonyl (C=O) groups is 1. The number of phenols is 1. The maximum Gasteiger partial charge on any atom is 0.139 e. The summed E-state index contributed by atoms with van der Waals surface area (Å²) in [4.78, 5) is 12.7. The maximum atomic E-state index is 12.7. The van der Waals surface area contributed by atoms with Gasteiger partial charge in [-0.15, -0.1) is 0 Å². The lowest BCUT2D eigenvalue weighted by atomic mass is 9.44. The molecule has 0 spiro atoms. The Hall–Kier alpha value is -1.31. The first-order valence-electron chi connectivity index (χ1n) is 11.3. The molecule has 146 valence electrons. The van der Waals surface area contributed by atoms with Crippen molar-refractivity contribution in [1.29, 1.82) is 0 Å². The number of hydrogen-bond acceptors (Lipinski definition) is 2. The van der Waals surface area contributed by atoms with E-state index in [1.54, 1.807) is 0 Å². The number of aromatic hydroxyl groups is 1. The van der Waals surface area contributed by atoms with Crippen molar-refractivity contribution in [1.82, 2.24) is 0 Å². The highest BCUT2D eigenvalue weighted by atomic mass is 16.3. The third-order valence-electron chi connectivity index (χ3n) is 9.46. The van der Waals surface area contributed by atoms with Gasteiger partial charge in [-0.2, -0.15) is 0 Å². The summed E-state index contributed by atoms with van der Waals surface area (Å²) in [5, 5.41) is 9.70. The van der Waals surface area contributed by atoms with Crippen molar-refractivity contribution in [2.45, 2.75) is 77.6 Å². The molecule has 1 aromatic carbocycles. The van der Waals surface area contributed by atoms with Crippen molar-refractivity contribution >= 4 is 5.78 Å². The van der Waals surface area contributed by atoms with Gasteiger partial charge in [0.25, 0.3) is 0 Å². The van der Waals surface area contributed by atoms with E-state index in [0.29, 0.717) is 22.9 Å². The molecular weight excluding hydrogens is 332 g/mol. The molecule has 0 radical (unpaired) electrons. The molecule has 0 amide bonds. The van der Waals surface area contributed by atoms with E-state index in [9.17, 15) is 9.90 Å². The number of Topliss-reactive ketones (excluding diaryl/α,β-unsaturated/α-hetero) is 1. The van der Waals surface area contributed by atoms with E-state index >= 15 is 0 Å². The van der Waals surface area contributed by atoms with Gasteiger partial charge < -0.3 is 5.11 Å². The van der Waals surface area contributed by atoms with Crippen LogP contribution in [0.1, 0.15) is 76.7 Å². The molecule has 4 fully saturated rings. The molecule has 0 aromatic heterocycles. The van der Waals surface area contributed by atoms with Crippen molar-refractivity contribution in [2.24, 2.45) is 34.5 Å². The molecule has 1 unspecified atom stereocenters. The van der Waals surface area contributed by atoms with Gasteiger partial charge >= 0.3 is 0 Å². The number of rotatable bonds is 2. The zero-order valence-corrected chi connectivity index (χ0v) is 16.8. The van der Waals surface area contributed by atoms with Crippen LogP contribution >= 0.6 is 0 Å². The summed E-state index contributed by atoms with van der Waals surface area (Å²) in [6.07, 6.45) is 13.8. The molecule has 0 aliphatic heterocycles. The topological polar surface area (TPSA) is 37.3 Å². The largest absolute Gasteiger partial charge is 0.508 e. The van der Waals surface area contributed by atoms with E-state index in [1.165, 1.54) is 56.9 Å². The van der Waals surface area contributed by atoms with Gasteiger partial charge in [-0.3, -0.25) is 4.79 Å². The molecule has 1 aromatic rings. The molecule has 0 bridgehead atoms. The first kappa shape index (κ1) is 17.8. The summed E-state index contributed by atoms with van der Waals surface area (Å²) in [6, 6.07) is 8.01. The van der Waals surface area contributed by atoms with E-state index in [2.05, 4.69) is 19.1 Å². The fourth-order valence-corrected chi connectivity index (χ4v) is 8.18. The van der Waals surface area contributed by atoms with E-state index in [0.717, 1.165) is 37.0 Å². The SMILES string of the molecule is C[C@]12CC[C@@H]3[C@@H](CCC4CCCC[C@@]43Cc3ccc(O)cc3)[C@@H]1CCC2=O. The number of benzene rings is 1. The summed E-state index contributed by atoms with van der Waals surface area (Å²) in [7, 11) is 0. The summed E-state index contributed by atoms with van der Waals surface area (Å²) >= 11 is 0. The van der Waals surface area contributed by atoms with Crippen LogP contribution in [0.2, 0.25) is 0 Å². The second-order valence-corrected chi connectivity index (χ2v) is 10.4. The van der Waals surface area contributed by atoms with Crippen LogP contribution in [0.5, 0.6) is 5.75 Å². The molecular formula is C25H34O2. The maximum absolute atomic E-state index is 12.7. The average molecular weight is 367 g/mol. The molecule has 0 saturated heterocycles. The van der Waals surface area contributed by atoms with Gasteiger partial charge in [0, 0.05) is 11.8 Å². The molecule has 6 atom stereocenters. The van der Waals surface area contributed by atoms with E-state index in [-0.39, 0.29) is 5.41 Å². The highest BCUT2D eigenvalue weighted by Gasteiger charge is 2.60. The van der Waals surface area contributed by atoms with Crippen molar-refractivity contribution < 1.29 is 9.90 Å². The summed E-state index contributed by atoms with van der Waals surface area (Å²) in [6.45, 7) is 2.29. The molecule has 1 N–H and O–H groups in total. The van der Waals surface area contributed by atoms with Crippen molar-refractivity contribution in [3.05, 3.63) is 29.8 Å². The van der Waals surface area contributed by atoms with Crippen molar-refractivity contribution in [3.63, 3.8) is 0 Å². The van der Waals surface area contributed by atoms with Crippen LogP contribution in [0.25, 0.3) is 0 Å². The smallest absolute Gasteiger partial charge is 0.139 e. The Labute approximate surface area is 163 Å². The van der Waals surface area contributed by atoms with E-state index < -0.39 is 0 Å². The normalized spacial score (nSPS) is 43.7. The van der Waals surface area contributed by atoms with Crippen LogP contribution in [0, 0.1) is 34.5 Å². The predicted octanol–water partition coefficient (Wildman–Crippen LogP) is 5.92. The third kappa shape index (κ3) is 2.62. The molecule has 4 saturated carbocycles. The van der Waals surface area contributed by atoms with Crippen LogP contribution in [-0.2, 0) is 11.2 Å². The van der Waals surface area contributed by atoms with Gasteiger partial charge in [-0.25, -0.2) is 0 Å². The molecule has 27 heavy (non-hydrogen) atoms. The Balaban J connectivity index is 1.50. The van der Waals surface area contributed by atoms with Crippen LogP contribution in [-0.4, -0.2) is 10.9 Å². The minimum absolute atomic E-state index is 0.0115. The Morgan fingerprint density at radius 3 is 2.59 bits per heavy atom. The van der Waals surface area contributed by atoms with Gasteiger partial charge in [0.2, 0.25) is 0 Å². The standard InChI is InChI=1S/C25H34O2/c1-24-15-13-22-20(21(24)11-12-23(24)27)10-7-18-4-2-3-14-25(18,22)16-17-5-8-19(26)9-6-17/h5-6,8-9,18,20-22,26H,2-4,7,10-16H2,1H3/t18?,20-,21-,22+,24-,25+/m0/s1. The number of carbonyl (C=O) groups excluding carboxylic acids is 1. The fraction of sp³-hybridized carbons (Fsp3) is 0.720. The summed E-state index contributed by atoms with van der Waals surface area (Å²) in [5.41, 5.74) is 1.82. The number of phenolic OH excluding ortho intramolecular Hbond substituents is 1. The predicted molar refractivity (Wildman–Crippen MR) is 107 cm³/mol. The van der Waals surface area contributed by atoms with Gasteiger partial charge in [0.1, 0.15) is 11.5 Å². The Morgan fingerprint density at radius 2 is 1.78 bits per heavy atom. The molecule has 0 heterocycles.